The van der Waals surface area contributed by atoms with Crippen molar-refractivity contribution in [3.8, 4) is 0 Å². The largest absolute Gasteiger partial charge is 0.378 e. The third-order valence-corrected chi connectivity index (χ3v) is 5.26. The fourth-order valence-corrected chi connectivity index (χ4v) is 3.90. The zero-order valence-corrected chi connectivity index (χ0v) is 15.9. The normalized spacial score (nSPS) is 20.4. The van der Waals surface area contributed by atoms with Crippen molar-refractivity contribution in [1.82, 2.24) is 14.9 Å². The number of carbonyl (C=O) groups excluding carboxylic acids is 1. The summed E-state index contributed by atoms with van der Waals surface area (Å²) >= 11 is 0. The van der Waals surface area contributed by atoms with Gasteiger partial charge in [-0.25, -0.2) is 0 Å². The van der Waals surface area contributed by atoms with E-state index in [1.165, 1.54) is 0 Å². The highest BCUT2D eigenvalue weighted by Crippen LogP contribution is 2.24. The molecule has 0 saturated heterocycles. The number of fused-ring (bicyclic) bond motifs is 1. The number of aromatic amines is 1. The number of rotatable bonds is 6. The number of aryl methyl sites for hydroxylation is 2. The molecular formula is C20H29N3O3. The van der Waals surface area contributed by atoms with Crippen molar-refractivity contribution < 1.29 is 9.53 Å². The SMILES string of the molecule is CCCCOC1CCCC(NC(=O)c2cn(C)c3c(C)c[nH]c(=O)c23)C1. The quantitative estimate of drug-likeness (QED) is 0.779. The fourth-order valence-electron chi connectivity index (χ4n) is 3.90. The van der Waals surface area contributed by atoms with Gasteiger partial charge in [-0.15, -0.1) is 0 Å². The molecule has 2 heterocycles. The molecule has 1 saturated carbocycles. The summed E-state index contributed by atoms with van der Waals surface area (Å²) in [5, 5.41) is 3.59. The van der Waals surface area contributed by atoms with E-state index in [2.05, 4.69) is 17.2 Å². The molecule has 6 nitrogen and oxygen atoms in total. The number of nitrogens with zero attached hydrogens (tertiary/aromatic N) is 1. The van der Waals surface area contributed by atoms with Gasteiger partial charge in [0.25, 0.3) is 11.5 Å². The lowest BCUT2D eigenvalue weighted by Gasteiger charge is -2.29. The molecule has 1 fully saturated rings. The molecule has 2 unspecified atom stereocenters. The van der Waals surface area contributed by atoms with Crippen LogP contribution in [0.4, 0.5) is 0 Å². The highest BCUT2D eigenvalue weighted by molar-refractivity contribution is 6.07. The van der Waals surface area contributed by atoms with Gasteiger partial charge in [0.1, 0.15) is 0 Å². The van der Waals surface area contributed by atoms with E-state index >= 15 is 0 Å². The Morgan fingerprint density at radius 1 is 1.42 bits per heavy atom. The van der Waals surface area contributed by atoms with Crippen molar-refractivity contribution in [2.45, 2.75) is 64.5 Å². The molecular weight excluding hydrogens is 330 g/mol. The zero-order valence-electron chi connectivity index (χ0n) is 15.9. The standard InChI is InChI=1S/C20H29N3O3/c1-4-5-9-26-15-8-6-7-14(10-15)22-19(24)16-12-23(3)18-13(2)11-21-20(25)17(16)18/h11-12,14-15H,4-10H2,1-3H3,(H,21,25)(H,22,24). The Balaban J connectivity index is 1.73. The van der Waals surface area contributed by atoms with Gasteiger partial charge in [-0.2, -0.15) is 0 Å². The predicted octanol–water partition coefficient (Wildman–Crippen LogP) is 3.03. The summed E-state index contributed by atoms with van der Waals surface area (Å²) in [4.78, 5) is 27.9. The Morgan fingerprint density at radius 3 is 3.00 bits per heavy atom. The van der Waals surface area contributed by atoms with Crippen LogP contribution in [0.5, 0.6) is 0 Å². The first-order valence-electron chi connectivity index (χ1n) is 9.61. The van der Waals surface area contributed by atoms with Crippen LogP contribution >= 0.6 is 0 Å². The molecule has 2 aromatic heterocycles. The number of hydrogen-bond acceptors (Lipinski definition) is 3. The Labute approximate surface area is 153 Å². The second-order valence-electron chi connectivity index (χ2n) is 7.36. The van der Waals surface area contributed by atoms with Crippen LogP contribution in [0.2, 0.25) is 0 Å². The molecule has 0 aliphatic heterocycles. The third kappa shape index (κ3) is 3.85. The number of ether oxygens (including phenoxy) is 1. The summed E-state index contributed by atoms with van der Waals surface area (Å²) in [6, 6.07) is 0.0991. The molecule has 6 heteroatoms. The van der Waals surface area contributed by atoms with E-state index in [0.717, 1.165) is 56.2 Å². The van der Waals surface area contributed by atoms with Crippen LogP contribution in [0.3, 0.4) is 0 Å². The molecule has 2 atom stereocenters. The summed E-state index contributed by atoms with van der Waals surface area (Å²) in [6.07, 6.45) is 9.77. The molecule has 1 amide bonds. The third-order valence-electron chi connectivity index (χ3n) is 5.26. The van der Waals surface area contributed by atoms with E-state index in [1.807, 2.05) is 18.5 Å². The lowest BCUT2D eigenvalue weighted by Crippen LogP contribution is -2.40. The van der Waals surface area contributed by atoms with Gasteiger partial charge in [0.15, 0.2) is 0 Å². The molecule has 142 valence electrons. The molecule has 0 radical (unpaired) electrons. The average molecular weight is 359 g/mol. The minimum atomic E-state index is -0.222. The number of hydrogen-bond donors (Lipinski definition) is 2. The van der Waals surface area contributed by atoms with E-state index in [4.69, 9.17) is 4.74 Å². The van der Waals surface area contributed by atoms with E-state index < -0.39 is 0 Å². The predicted molar refractivity (Wildman–Crippen MR) is 103 cm³/mol. The molecule has 1 aliphatic carbocycles. The van der Waals surface area contributed by atoms with E-state index in [-0.39, 0.29) is 23.6 Å². The first-order chi connectivity index (χ1) is 12.5. The maximum absolute atomic E-state index is 12.9. The van der Waals surface area contributed by atoms with Gasteiger partial charge in [-0.05, 0) is 44.6 Å². The summed E-state index contributed by atoms with van der Waals surface area (Å²) < 4.78 is 7.79. The number of nitrogens with one attached hydrogen (secondary N) is 2. The van der Waals surface area contributed by atoms with Gasteiger partial charge in [0, 0.05) is 32.1 Å². The van der Waals surface area contributed by atoms with Crippen LogP contribution in [0.25, 0.3) is 10.9 Å². The Hall–Kier alpha value is -2.08. The van der Waals surface area contributed by atoms with Gasteiger partial charge < -0.3 is 19.6 Å². The molecule has 0 aromatic carbocycles. The van der Waals surface area contributed by atoms with Crippen molar-refractivity contribution >= 4 is 16.8 Å². The van der Waals surface area contributed by atoms with Crippen molar-refractivity contribution in [2.24, 2.45) is 7.05 Å². The first-order valence-corrected chi connectivity index (χ1v) is 9.61. The van der Waals surface area contributed by atoms with Crippen molar-refractivity contribution in [3.63, 3.8) is 0 Å². The molecule has 26 heavy (non-hydrogen) atoms. The number of carbonyl (C=O) groups is 1. The van der Waals surface area contributed by atoms with Crippen LogP contribution in [0.15, 0.2) is 17.2 Å². The molecule has 0 bridgehead atoms. The second-order valence-corrected chi connectivity index (χ2v) is 7.36. The van der Waals surface area contributed by atoms with Gasteiger partial charge in [-0.1, -0.05) is 13.3 Å². The number of pyridine rings is 1. The van der Waals surface area contributed by atoms with E-state index in [9.17, 15) is 9.59 Å². The molecule has 2 aromatic rings. The summed E-state index contributed by atoms with van der Waals surface area (Å²) in [7, 11) is 1.86. The van der Waals surface area contributed by atoms with Gasteiger partial charge >= 0.3 is 0 Å². The second kappa shape index (κ2) is 8.08. The summed E-state index contributed by atoms with van der Waals surface area (Å²) in [5.41, 5.74) is 1.98. The lowest BCUT2D eigenvalue weighted by molar-refractivity contribution is 0.0183. The topological polar surface area (TPSA) is 76.1 Å². The van der Waals surface area contributed by atoms with Crippen LogP contribution in [0.1, 0.15) is 61.4 Å². The maximum atomic E-state index is 12.9. The van der Waals surface area contributed by atoms with Gasteiger partial charge in [0.05, 0.1) is 22.6 Å². The molecule has 0 spiro atoms. The highest BCUT2D eigenvalue weighted by Gasteiger charge is 2.26. The maximum Gasteiger partial charge on any atom is 0.258 e. The van der Waals surface area contributed by atoms with Gasteiger partial charge in [0.2, 0.25) is 0 Å². The number of amides is 1. The monoisotopic (exact) mass is 359 g/mol. The van der Waals surface area contributed by atoms with Crippen LogP contribution in [-0.4, -0.2) is 34.2 Å². The minimum Gasteiger partial charge on any atom is -0.378 e. The molecule has 3 rings (SSSR count). The zero-order chi connectivity index (χ0) is 18.7. The van der Waals surface area contributed by atoms with Crippen LogP contribution in [-0.2, 0) is 11.8 Å². The smallest absolute Gasteiger partial charge is 0.258 e. The van der Waals surface area contributed by atoms with E-state index in [1.54, 1.807) is 12.4 Å². The number of unbranched alkanes of at least 4 members (excludes halogenated alkanes) is 1. The average Bonchev–Trinajstić information content (AvgIpc) is 2.98. The summed E-state index contributed by atoms with van der Waals surface area (Å²) in [6.45, 7) is 4.87. The fraction of sp³-hybridized carbons (Fsp3) is 0.600. The summed E-state index contributed by atoms with van der Waals surface area (Å²) in [5.74, 6) is -0.175. The van der Waals surface area contributed by atoms with Crippen molar-refractivity contribution in [2.75, 3.05) is 6.61 Å². The number of aromatic nitrogens is 2. The Kier molecular flexibility index (Phi) is 5.81. The van der Waals surface area contributed by atoms with Crippen molar-refractivity contribution in [3.05, 3.63) is 33.9 Å². The minimum absolute atomic E-state index is 0.0991. The highest BCUT2D eigenvalue weighted by atomic mass is 16.5. The van der Waals surface area contributed by atoms with Gasteiger partial charge in [-0.3, -0.25) is 9.59 Å². The lowest BCUT2D eigenvalue weighted by atomic mass is 9.92. The van der Waals surface area contributed by atoms with E-state index in [0.29, 0.717) is 10.9 Å². The Morgan fingerprint density at radius 2 is 2.23 bits per heavy atom. The molecule has 1 aliphatic rings. The van der Waals surface area contributed by atoms with Crippen LogP contribution < -0.4 is 10.9 Å². The number of H-pyrrole nitrogens is 1. The van der Waals surface area contributed by atoms with Crippen LogP contribution in [0, 0.1) is 6.92 Å². The molecule has 2 N–H and O–H groups in total. The van der Waals surface area contributed by atoms with Crippen molar-refractivity contribution in [1.29, 1.82) is 0 Å². The first kappa shape index (κ1) is 18.7. The Bertz CT molecular complexity index is 837.